The molecule has 3 nitrogen and oxygen atoms in total. The molecule has 2 aromatic rings. The predicted octanol–water partition coefficient (Wildman–Crippen LogP) is 8.88. The molecule has 0 N–H and O–H groups in total. The fraction of sp³-hybridized carbons (Fsp3) is 0.600. The quantitative estimate of drug-likeness (QED) is 0.334. The Morgan fingerprint density at radius 2 is 1.34 bits per heavy atom. The Morgan fingerprint density at radius 1 is 0.789 bits per heavy atom. The summed E-state index contributed by atoms with van der Waals surface area (Å²) in [5.41, 5.74) is -0.0570. The van der Waals surface area contributed by atoms with Gasteiger partial charge in [-0.25, -0.2) is 8.78 Å². The van der Waals surface area contributed by atoms with Crippen LogP contribution in [-0.4, -0.2) is 25.6 Å². The molecule has 0 bridgehead atoms. The smallest absolute Gasteiger partial charge is 0.400 e. The van der Waals surface area contributed by atoms with Gasteiger partial charge >= 0.3 is 6.11 Å². The molecule has 0 unspecified atom stereocenters. The Kier molecular flexibility index (Phi) is 8.56. The summed E-state index contributed by atoms with van der Waals surface area (Å²) in [5, 5.41) is 0.420. The monoisotopic (exact) mass is 554 g/mol. The van der Waals surface area contributed by atoms with Crippen molar-refractivity contribution < 1.29 is 31.8 Å². The van der Waals surface area contributed by atoms with Crippen LogP contribution in [0.5, 0.6) is 5.75 Å². The lowest BCUT2D eigenvalue weighted by Gasteiger charge is -2.41. The first kappa shape index (κ1) is 27.7. The molecule has 1 heterocycles. The molecule has 5 rings (SSSR count). The molecule has 0 radical (unpaired) electrons. The van der Waals surface area contributed by atoms with Gasteiger partial charge in [-0.2, -0.15) is 8.78 Å². The van der Waals surface area contributed by atoms with Crippen molar-refractivity contribution in [2.75, 3.05) is 13.2 Å². The normalized spacial score (nSPS) is 30.7. The highest BCUT2D eigenvalue weighted by Gasteiger charge is 2.46. The van der Waals surface area contributed by atoms with Crippen LogP contribution >= 0.6 is 11.6 Å². The molecule has 3 aliphatic rings. The van der Waals surface area contributed by atoms with Crippen LogP contribution in [0.1, 0.15) is 58.3 Å². The fourth-order valence-corrected chi connectivity index (χ4v) is 6.43. The van der Waals surface area contributed by atoms with Crippen LogP contribution in [0.25, 0.3) is 11.1 Å². The summed E-state index contributed by atoms with van der Waals surface area (Å²) in [5.74, 6) is -1.62. The first-order valence-corrected chi connectivity index (χ1v) is 14.1. The Hall–Kier alpha value is -1.83. The Morgan fingerprint density at radius 3 is 1.92 bits per heavy atom. The molecule has 2 aliphatic carbocycles. The maximum absolute atomic E-state index is 15.0. The van der Waals surface area contributed by atoms with Gasteiger partial charge in [-0.1, -0.05) is 43.5 Å². The Bertz CT molecular complexity index is 1050. The number of ether oxygens (including phenoxy) is 3. The summed E-state index contributed by atoms with van der Waals surface area (Å²) in [4.78, 5) is 0. The minimum absolute atomic E-state index is 0.0583. The highest BCUT2D eigenvalue weighted by molar-refractivity contribution is 6.30. The van der Waals surface area contributed by atoms with Gasteiger partial charge in [0.25, 0.3) is 0 Å². The molecule has 0 spiro atoms. The standard InChI is InChI=1S/C30H35ClF4O3/c1-18-2-4-19(5-3-18)22-16-36-29(37-17-22)21-6-10-23(11-7-21)30(34,35)38-25-14-26(32)28(27(33)15-25)20-8-12-24(31)13-9-20/h8-9,12-15,18-19,21-23,29H,2-7,10-11,16-17H2,1H3. The third-order valence-corrected chi connectivity index (χ3v) is 8.96. The van der Waals surface area contributed by atoms with Gasteiger partial charge in [0.15, 0.2) is 6.29 Å². The van der Waals surface area contributed by atoms with E-state index in [1.807, 2.05) is 0 Å². The summed E-state index contributed by atoms with van der Waals surface area (Å²) >= 11 is 5.84. The van der Waals surface area contributed by atoms with Crippen LogP contribution in [0.15, 0.2) is 36.4 Å². The minimum atomic E-state index is -3.55. The summed E-state index contributed by atoms with van der Waals surface area (Å²) in [6.07, 6.45) is 2.56. The van der Waals surface area contributed by atoms with Crippen molar-refractivity contribution in [2.24, 2.45) is 29.6 Å². The number of alkyl halides is 2. The Labute approximate surface area is 226 Å². The van der Waals surface area contributed by atoms with Gasteiger partial charge in [-0.15, -0.1) is 0 Å². The number of benzene rings is 2. The van der Waals surface area contributed by atoms with Gasteiger partial charge < -0.3 is 14.2 Å². The molecule has 2 saturated carbocycles. The zero-order valence-electron chi connectivity index (χ0n) is 21.6. The molecule has 1 aliphatic heterocycles. The van der Waals surface area contributed by atoms with Crippen LogP contribution in [0.2, 0.25) is 5.02 Å². The van der Waals surface area contributed by atoms with E-state index in [9.17, 15) is 8.78 Å². The van der Waals surface area contributed by atoms with Crippen LogP contribution in [0, 0.1) is 41.2 Å². The highest BCUT2D eigenvalue weighted by Crippen LogP contribution is 2.43. The Balaban J connectivity index is 1.13. The largest absolute Gasteiger partial charge is 0.432 e. The zero-order valence-corrected chi connectivity index (χ0v) is 22.4. The summed E-state index contributed by atoms with van der Waals surface area (Å²) < 4.78 is 76.5. The fourth-order valence-electron chi connectivity index (χ4n) is 6.30. The SMILES string of the molecule is CC1CCC(C2COC(C3CCC(C(F)(F)Oc4cc(F)c(-c5ccc(Cl)cc5)c(F)c4)CC3)OC2)CC1. The lowest BCUT2D eigenvalue weighted by atomic mass is 9.76. The molecule has 0 aromatic heterocycles. The molecular weight excluding hydrogens is 520 g/mol. The van der Waals surface area contributed by atoms with E-state index in [0.717, 1.165) is 18.1 Å². The van der Waals surface area contributed by atoms with Crippen LogP contribution in [0.3, 0.4) is 0 Å². The van der Waals surface area contributed by atoms with Gasteiger partial charge in [0, 0.05) is 29.0 Å². The van der Waals surface area contributed by atoms with Crippen molar-refractivity contribution in [3.05, 3.63) is 53.1 Å². The third kappa shape index (κ3) is 6.31. The number of rotatable bonds is 6. The number of hydrogen-bond acceptors (Lipinski definition) is 3. The molecule has 2 aromatic carbocycles. The highest BCUT2D eigenvalue weighted by atomic mass is 35.5. The van der Waals surface area contributed by atoms with Crippen LogP contribution in [0.4, 0.5) is 17.6 Å². The number of hydrogen-bond donors (Lipinski definition) is 0. The number of halogens is 5. The predicted molar refractivity (Wildman–Crippen MR) is 138 cm³/mol. The van der Waals surface area contributed by atoms with E-state index in [-0.39, 0.29) is 36.2 Å². The topological polar surface area (TPSA) is 27.7 Å². The van der Waals surface area contributed by atoms with E-state index >= 15 is 8.78 Å². The minimum Gasteiger partial charge on any atom is -0.432 e. The van der Waals surface area contributed by atoms with Crippen molar-refractivity contribution >= 4 is 11.6 Å². The lowest BCUT2D eigenvalue weighted by Crippen LogP contribution is -2.43. The van der Waals surface area contributed by atoms with Crippen molar-refractivity contribution in [1.82, 2.24) is 0 Å². The summed E-state index contributed by atoms with van der Waals surface area (Å²) in [6.45, 7) is 3.65. The van der Waals surface area contributed by atoms with Gasteiger partial charge in [0.1, 0.15) is 17.4 Å². The molecule has 38 heavy (non-hydrogen) atoms. The second-order valence-corrected chi connectivity index (χ2v) is 11.8. The van der Waals surface area contributed by atoms with E-state index < -0.39 is 29.4 Å². The van der Waals surface area contributed by atoms with Crippen LogP contribution in [-0.2, 0) is 9.47 Å². The van der Waals surface area contributed by atoms with Crippen LogP contribution < -0.4 is 4.74 Å². The van der Waals surface area contributed by atoms with Crippen molar-refractivity contribution in [3.63, 3.8) is 0 Å². The zero-order chi connectivity index (χ0) is 26.9. The first-order chi connectivity index (χ1) is 18.2. The summed E-state index contributed by atoms with van der Waals surface area (Å²) in [7, 11) is 0. The van der Waals surface area contributed by atoms with Gasteiger partial charge in [0.05, 0.1) is 24.7 Å². The lowest BCUT2D eigenvalue weighted by molar-refractivity contribution is -0.251. The molecule has 0 atom stereocenters. The second kappa shape index (κ2) is 11.7. The average molecular weight is 555 g/mol. The van der Waals surface area contributed by atoms with Crippen molar-refractivity contribution in [1.29, 1.82) is 0 Å². The molecule has 1 saturated heterocycles. The van der Waals surface area contributed by atoms with E-state index in [2.05, 4.69) is 6.92 Å². The molecule has 3 fully saturated rings. The van der Waals surface area contributed by atoms with Gasteiger partial charge in [-0.3, -0.25) is 0 Å². The molecule has 0 amide bonds. The van der Waals surface area contributed by atoms with E-state index in [4.69, 9.17) is 25.8 Å². The van der Waals surface area contributed by atoms with Gasteiger partial charge in [-0.05, 0) is 68.1 Å². The molecule has 8 heteroatoms. The summed E-state index contributed by atoms with van der Waals surface area (Å²) in [6, 6.07) is 7.55. The second-order valence-electron chi connectivity index (χ2n) is 11.4. The van der Waals surface area contributed by atoms with E-state index in [1.165, 1.54) is 49.9 Å². The molecular formula is C30H35ClF4O3. The van der Waals surface area contributed by atoms with Crippen molar-refractivity contribution in [3.8, 4) is 16.9 Å². The van der Waals surface area contributed by atoms with E-state index in [1.54, 1.807) is 0 Å². The van der Waals surface area contributed by atoms with E-state index in [0.29, 0.717) is 42.9 Å². The average Bonchev–Trinajstić information content (AvgIpc) is 2.90. The maximum atomic E-state index is 15.0. The van der Waals surface area contributed by atoms with Gasteiger partial charge in [0.2, 0.25) is 0 Å². The maximum Gasteiger partial charge on any atom is 0.400 e. The van der Waals surface area contributed by atoms with Crippen molar-refractivity contribution in [2.45, 2.75) is 70.7 Å². The molecule has 208 valence electrons. The third-order valence-electron chi connectivity index (χ3n) is 8.71. The first-order valence-electron chi connectivity index (χ1n) is 13.7.